The van der Waals surface area contributed by atoms with Crippen molar-refractivity contribution >= 4 is 17.3 Å². The third-order valence-corrected chi connectivity index (χ3v) is 3.47. The van der Waals surface area contributed by atoms with E-state index in [0.717, 1.165) is 0 Å². The Morgan fingerprint density at radius 2 is 1.92 bits per heavy atom. The molecule has 1 amide bonds. The number of para-hydroxylation sites is 2. The van der Waals surface area contributed by atoms with Gasteiger partial charge in [-0.15, -0.1) is 0 Å². The molecule has 132 valence electrons. The first-order valence-corrected chi connectivity index (χ1v) is 7.94. The maximum absolute atomic E-state index is 11.9. The van der Waals surface area contributed by atoms with Crippen LogP contribution in [0.15, 0.2) is 60.7 Å². The van der Waals surface area contributed by atoms with Crippen molar-refractivity contribution in [3.63, 3.8) is 0 Å². The Kier molecular flexibility index (Phi) is 7.00. The monoisotopic (exact) mass is 342 g/mol. The molecule has 6 nitrogen and oxygen atoms in total. The van der Waals surface area contributed by atoms with E-state index >= 15 is 0 Å². The molecule has 0 bridgehead atoms. The van der Waals surface area contributed by atoms with Gasteiger partial charge in [0.15, 0.2) is 0 Å². The zero-order chi connectivity index (χ0) is 18.1. The normalized spacial score (nSPS) is 12.1. The highest BCUT2D eigenvalue weighted by Gasteiger charge is 2.06. The molecule has 2 rings (SSSR count). The van der Waals surface area contributed by atoms with E-state index in [9.17, 15) is 9.90 Å². The third kappa shape index (κ3) is 5.95. The number of ether oxygens (including phenoxy) is 1. The number of aliphatic hydroxyl groups excluding tert-OH is 2. The average Bonchev–Trinajstić information content (AvgIpc) is 2.62. The highest BCUT2D eigenvalue weighted by atomic mass is 16.5. The molecule has 5 N–H and O–H groups in total. The second kappa shape index (κ2) is 9.46. The average molecular weight is 342 g/mol. The number of nitrogens with one attached hydrogen (secondary N) is 1. The van der Waals surface area contributed by atoms with E-state index in [1.807, 2.05) is 0 Å². The van der Waals surface area contributed by atoms with Gasteiger partial charge in [-0.1, -0.05) is 30.3 Å². The Hall–Kier alpha value is -2.83. The van der Waals surface area contributed by atoms with Crippen LogP contribution in [0.5, 0.6) is 5.75 Å². The standard InChI is InChI=1S/C19H22N2O4/c20-16-4-1-2-5-17(16)21-19(24)7-3-6-18(23)14-8-10-15(11-9-14)25-13-12-22/h1-5,7-11,18,22-23H,6,12-13,20H2,(H,21,24)/b7-3+/t18-/m0/s1. The van der Waals surface area contributed by atoms with E-state index in [1.54, 1.807) is 54.6 Å². The van der Waals surface area contributed by atoms with Gasteiger partial charge in [-0.25, -0.2) is 0 Å². The number of nitrogens with two attached hydrogens (primary N) is 1. The van der Waals surface area contributed by atoms with Gasteiger partial charge < -0.3 is 26.0 Å². The molecular weight excluding hydrogens is 320 g/mol. The minimum absolute atomic E-state index is 0.0497. The molecule has 0 radical (unpaired) electrons. The van der Waals surface area contributed by atoms with Crippen LogP contribution in [0.25, 0.3) is 0 Å². The minimum Gasteiger partial charge on any atom is -0.491 e. The van der Waals surface area contributed by atoms with E-state index in [0.29, 0.717) is 29.1 Å². The molecule has 25 heavy (non-hydrogen) atoms. The topological polar surface area (TPSA) is 105 Å². The highest BCUT2D eigenvalue weighted by Crippen LogP contribution is 2.21. The molecule has 0 saturated heterocycles. The van der Waals surface area contributed by atoms with Gasteiger partial charge in [0, 0.05) is 0 Å². The van der Waals surface area contributed by atoms with Gasteiger partial charge in [0.2, 0.25) is 5.91 Å². The van der Waals surface area contributed by atoms with Gasteiger partial charge in [-0.3, -0.25) is 4.79 Å². The van der Waals surface area contributed by atoms with Gasteiger partial charge in [-0.05, 0) is 42.3 Å². The fourth-order valence-electron chi connectivity index (χ4n) is 2.17. The fourth-order valence-corrected chi connectivity index (χ4v) is 2.17. The predicted octanol–water partition coefficient (Wildman–Crippen LogP) is 2.26. The van der Waals surface area contributed by atoms with E-state index < -0.39 is 6.10 Å². The van der Waals surface area contributed by atoms with Gasteiger partial charge in [0.1, 0.15) is 12.4 Å². The number of carbonyl (C=O) groups excluding carboxylic acids is 1. The number of rotatable bonds is 8. The van der Waals surface area contributed by atoms with Crippen molar-refractivity contribution in [1.82, 2.24) is 0 Å². The molecule has 2 aromatic carbocycles. The van der Waals surface area contributed by atoms with Crippen LogP contribution in [0.3, 0.4) is 0 Å². The second-order valence-electron chi connectivity index (χ2n) is 5.37. The van der Waals surface area contributed by atoms with Crippen molar-refractivity contribution in [3.8, 4) is 5.75 Å². The number of benzene rings is 2. The van der Waals surface area contributed by atoms with E-state index in [2.05, 4.69) is 5.32 Å². The molecule has 0 aliphatic rings. The van der Waals surface area contributed by atoms with Crippen LogP contribution in [-0.2, 0) is 4.79 Å². The second-order valence-corrected chi connectivity index (χ2v) is 5.37. The number of anilines is 2. The first kappa shape index (κ1) is 18.5. The number of nitrogen functional groups attached to an aromatic ring is 1. The molecule has 0 unspecified atom stereocenters. The lowest BCUT2D eigenvalue weighted by molar-refractivity contribution is -0.111. The number of hydrogen-bond donors (Lipinski definition) is 4. The summed E-state index contributed by atoms with van der Waals surface area (Å²) in [5.41, 5.74) is 7.52. The third-order valence-electron chi connectivity index (χ3n) is 3.47. The molecular formula is C19H22N2O4. The predicted molar refractivity (Wildman–Crippen MR) is 97.2 cm³/mol. The number of carbonyl (C=O) groups is 1. The van der Waals surface area contributed by atoms with Crippen LogP contribution in [0, 0.1) is 0 Å². The first-order valence-electron chi connectivity index (χ1n) is 7.94. The van der Waals surface area contributed by atoms with Gasteiger partial charge in [0.25, 0.3) is 0 Å². The van der Waals surface area contributed by atoms with Crippen molar-refractivity contribution in [2.45, 2.75) is 12.5 Å². The van der Waals surface area contributed by atoms with E-state index in [4.69, 9.17) is 15.6 Å². The summed E-state index contributed by atoms with van der Waals surface area (Å²) in [7, 11) is 0. The molecule has 0 spiro atoms. The Labute approximate surface area is 146 Å². The molecule has 0 aliphatic carbocycles. The van der Waals surface area contributed by atoms with E-state index in [1.165, 1.54) is 6.08 Å². The fraction of sp³-hybridized carbons (Fsp3) is 0.211. The Morgan fingerprint density at radius 3 is 2.60 bits per heavy atom. The maximum atomic E-state index is 11.9. The van der Waals surface area contributed by atoms with Crippen LogP contribution in [0.2, 0.25) is 0 Å². The summed E-state index contributed by atoms with van der Waals surface area (Å²) in [4.78, 5) is 11.9. The number of hydrogen-bond acceptors (Lipinski definition) is 5. The van der Waals surface area contributed by atoms with Gasteiger partial charge in [0.05, 0.1) is 24.1 Å². The lowest BCUT2D eigenvalue weighted by Crippen LogP contribution is -2.09. The Balaban J connectivity index is 1.84. The summed E-state index contributed by atoms with van der Waals surface area (Å²) >= 11 is 0. The number of aliphatic hydroxyl groups is 2. The molecule has 2 aromatic rings. The van der Waals surface area contributed by atoms with Crippen LogP contribution in [0.1, 0.15) is 18.1 Å². The summed E-state index contributed by atoms with van der Waals surface area (Å²) in [6.07, 6.45) is 2.55. The maximum Gasteiger partial charge on any atom is 0.248 e. The Morgan fingerprint density at radius 1 is 1.20 bits per heavy atom. The molecule has 0 aliphatic heterocycles. The van der Waals surface area contributed by atoms with Gasteiger partial charge >= 0.3 is 0 Å². The lowest BCUT2D eigenvalue weighted by atomic mass is 10.1. The van der Waals surface area contributed by atoms with Crippen LogP contribution < -0.4 is 15.8 Å². The molecule has 6 heteroatoms. The van der Waals surface area contributed by atoms with Crippen molar-refractivity contribution < 1.29 is 19.7 Å². The molecule has 0 heterocycles. The zero-order valence-corrected chi connectivity index (χ0v) is 13.8. The summed E-state index contributed by atoms with van der Waals surface area (Å²) in [5.74, 6) is 0.318. The smallest absolute Gasteiger partial charge is 0.248 e. The van der Waals surface area contributed by atoms with Crippen LogP contribution >= 0.6 is 0 Å². The molecule has 1 atom stereocenters. The Bertz CT molecular complexity index is 714. The van der Waals surface area contributed by atoms with Crippen LogP contribution in [-0.4, -0.2) is 29.3 Å². The largest absolute Gasteiger partial charge is 0.491 e. The zero-order valence-electron chi connectivity index (χ0n) is 13.8. The number of amides is 1. The van der Waals surface area contributed by atoms with Crippen molar-refractivity contribution in [3.05, 3.63) is 66.2 Å². The van der Waals surface area contributed by atoms with Crippen LogP contribution in [0.4, 0.5) is 11.4 Å². The summed E-state index contributed by atoms with van der Waals surface area (Å²) in [6.45, 7) is 0.178. The summed E-state index contributed by atoms with van der Waals surface area (Å²) in [6, 6.07) is 13.9. The SMILES string of the molecule is Nc1ccccc1NC(=O)/C=C/C[C@H](O)c1ccc(OCCO)cc1. The first-order chi connectivity index (χ1) is 12.1. The van der Waals surface area contributed by atoms with Crippen molar-refractivity contribution in [2.24, 2.45) is 0 Å². The van der Waals surface area contributed by atoms with E-state index in [-0.39, 0.29) is 19.1 Å². The molecule has 0 saturated carbocycles. The minimum atomic E-state index is -0.724. The highest BCUT2D eigenvalue weighted by molar-refractivity contribution is 6.01. The molecule has 0 aromatic heterocycles. The lowest BCUT2D eigenvalue weighted by Gasteiger charge is -2.10. The quantitative estimate of drug-likeness (QED) is 0.435. The van der Waals surface area contributed by atoms with Crippen molar-refractivity contribution in [2.75, 3.05) is 24.3 Å². The summed E-state index contributed by atoms with van der Waals surface area (Å²) in [5, 5.41) is 21.5. The molecule has 0 fully saturated rings. The van der Waals surface area contributed by atoms with Crippen molar-refractivity contribution in [1.29, 1.82) is 0 Å². The summed E-state index contributed by atoms with van der Waals surface area (Å²) < 4.78 is 5.26. The van der Waals surface area contributed by atoms with Gasteiger partial charge in [-0.2, -0.15) is 0 Å².